The van der Waals surface area contributed by atoms with Crippen LogP contribution in [-0.4, -0.2) is 23.9 Å². The maximum absolute atomic E-state index is 12.3. The van der Waals surface area contributed by atoms with E-state index < -0.39 is 0 Å². The van der Waals surface area contributed by atoms with E-state index in [4.69, 9.17) is 0 Å². The zero-order valence-electron chi connectivity index (χ0n) is 13.4. The average Bonchev–Trinajstić information content (AvgIpc) is 2.55. The Morgan fingerprint density at radius 3 is 2.36 bits per heavy atom. The van der Waals surface area contributed by atoms with Gasteiger partial charge in [-0.15, -0.1) is 0 Å². The van der Waals surface area contributed by atoms with Gasteiger partial charge in [-0.25, -0.2) is 0 Å². The van der Waals surface area contributed by atoms with Crippen molar-refractivity contribution < 1.29 is 4.79 Å². The predicted octanol–water partition coefficient (Wildman–Crippen LogP) is 3.71. The SMILES string of the molecule is CCc1ccccc1NC(=O)CN(CC)Cc1ccccc1. The number of benzene rings is 2. The summed E-state index contributed by atoms with van der Waals surface area (Å²) in [4.78, 5) is 14.4. The summed E-state index contributed by atoms with van der Waals surface area (Å²) in [7, 11) is 0. The lowest BCUT2D eigenvalue weighted by Gasteiger charge is -2.20. The first-order chi connectivity index (χ1) is 10.7. The lowest BCUT2D eigenvalue weighted by molar-refractivity contribution is -0.117. The second-order valence-electron chi connectivity index (χ2n) is 5.35. The second kappa shape index (κ2) is 8.35. The topological polar surface area (TPSA) is 32.3 Å². The highest BCUT2D eigenvalue weighted by atomic mass is 16.2. The van der Waals surface area contributed by atoms with E-state index in [1.54, 1.807) is 0 Å². The fourth-order valence-corrected chi connectivity index (χ4v) is 2.46. The molecule has 0 aliphatic heterocycles. The molecule has 0 bridgehead atoms. The number of carbonyl (C=O) groups excluding carboxylic acids is 1. The Kier molecular flexibility index (Phi) is 6.16. The summed E-state index contributed by atoms with van der Waals surface area (Å²) >= 11 is 0. The molecule has 0 spiro atoms. The van der Waals surface area contributed by atoms with E-state index in [-0.39, 0.29) is 5.91 Å². The van der Waals surface area contributed by atoms with Gasteiger partial charge in [0.2, 0.25) is 5.91 Å². The normalized spacial score (nSPS) is 10.7. The minimum absolute atomic E-state index is 0.0404. The van der Waals surface area contributed by atoms with E-state index in [2.05, 4.69) is 42.3 Å². The van der Waals surface area contributed by atoms with Crippen LogP contribution in [-0.2, 0) is 17.8 Å². The number of aryl methyl sites for hydroxylation is 1. The largest absolute Gasteiger partial charge is 0.325 e. The molecule has 0 atom stereocenters. The summed E-state index contributed by atoms with van der Waals surface area (Å²) < 4.78 is 0. The molecule has 3 nitrogen and oxygen atoms in total. The summed E-state index contributed by atoms with van der Waals surface area (Å²) in [6, 6.07) is 18.2. The van der Waals surface area contributed by atoms with Crippen LogP contribution in [0.15, 0.2) is 54.6 Å². The van der Waals surface area contributed by atoms with Crippen LogP contribution >= 0.6 is 0 Å². The quantitative estimate of drug-likeness (QED) is 0.844. The average molecular weight is 296 g/mol. The number of carbonyl (C=O) groups is 1. The number of amides is 1. The monoisotopic (exact) mass is 296 g/mol. The van der Waals surface area contributed by atoms with Gasteiger partial charge in [0, 0.05) is 12.2 Å². The highest BCUT2D eigenvalue weighted by Crippen LogP contribution is 2.15. The second-order valence-corrected chi connectivity index (χ2v) is 5.35. The van der Waals surface area contributed by atoms with Gasteiger partial charge in [-0.05, 0) is 30.2 Å². The number of para-hydroxylation sites is 1. The molecule has 3 heteroatoms. The molecule has 1 amide bonds. The van der Waals surface area contributed by atoms with Gasteiger partial charge in [-0.3, -0.25) is 9.69 Å². The third-order valence-electron chi connectivity index (χ3n) is 3.74. The van der Waals surface area contributed by atoms with Crippen molar-refractivity contribution in [1.82, 2.24) is 4.90 Å². The summed E-state index contributed by atoms with van der Waals surface area (Å²) in [6.07, 6.45) is 0.915. The molecule has 0 aromatic heterocycles. The number of anilines is 1. The molecular weight excluding hydrogens is 272 g/mol. The number of rotatable bonds is 7. The lowest BCUT2D eigenvalue weighted by atomic mass is 10.1. The van der Waals surface area contributed by atoms with Crippen molar-refractivity contribution in [2.45, 2.75) is 26.8 Å². The van der Waals surface area contributed by atoms with Crippen LogP contribution in [0, 0.1) is 0 Å². The molecule has 0 aliphatic rings. The standard InChI is InChI=1S/C19H24N2O/c1-3-17-12-8-9-13-18(17)20-19(22)15-21(4-2)14-16-10-6-5-7-11-16/h5-13H,3-4,14-15H2,1-2H3,(H,20,22). The van der Waals surface area contributed by atoms with Crippen LogP contribution in [0.1, 0.15) is 25.0 Å². The molecule has 116 valence electrons. The minimum Gasteiger partial charge on any atom is -0.325 e. The number of hydrogen-bond acceptors (Lipinski definition) is 2. The van der Waals surface area contributed by atoms with Crippen molar-refractivity contribution in [2.24, 2.45) is 0 Å². The van der Waals surface area contributed by atoms with E-state index in [9.17, 15) is 4.79 Å². The first-order valence-electron chi connectivity index (χ1n) is 7.87. The zero-order chi connectivity index (χ0) is 15.8. The van der Waals surface area contributed by atoms with Gasteiger partial charge in [0.25, 0.3) is 0 Å². The fourth-order valence-electron chi connectivity index (χ4n) is 2.46. The smallest absolute Gasteiger partial charge is 0.238 e. The molecule has 0 radical (unpaired) electrons. The molecule has 0 unspecified atom stereocenters. The third kappa shape index (κ3) is 4.71. The van der Waals surface area contributed by atoms with Gasteiger partial charge in [-0.2, -0.15) is 0 Å². The molecule has 0 aliphatic carbocycles. The Hall–Kier alpha value is -2.13. The molecule has 2 rings (SSSR count). The summed E-state index contributed by atoms with van der Waals surface area (Å²) in [5, 5.41) is 3.03. The van der Waals surface area contributed by atoms with E-state index in [1.807, 2.05) is 36.4 Å². The molecule has 2 aromatic rings. The third-order valence-corrected chi connectivity index (χ3v) is 3.74. The lowest BCUT2D eigenvalue weighted by Crippen LogP contribution is -2.32. The van der Waals surface area contributed by atoms with Gasteiger partial charge in [0.15, 0.2) is 0 Å². The highest BCUT2D eigenvalue weighted by Gasteiger charge is 2.11. The van der Waals surface area contributed by atoms with Gasteiger partial charge in [0.05, 0.1) is 6.54 Å². The summed E-state index contributed by atoms with van der Waals surface area (Å²) in [6.45, 7) is 6.22. The molecular formula is C19H24N2O. The number of likely N-dealkylation sites (N-methyl/N-ethyl adjacent to an activating group) is 1. The molecule has 0 saturated carbocycles. The molecule has 0 fully saturated rings. The Morgan fingerprint density at radius 2 is 1.68 bits per heavy atom. The van der Waals surface area contributed by atoms with Crippen molar-refractivity contribution in [3.05, 3.63) is 65.7 Å². The first kappa shape index (κ1) is 16.2. The van der Waals surface area contributed by atoms with E-state index >= 15 is 0 Å². The summed E-state index contributed by atoms with van der Waals surface area (Å²) in [5.41, 5.74) is 3.32. The summed E-state index contributed by atoms with van der Waals surface area (Å²) in [5.74, 6) is 0.0404. The van der Waals surface area contributed by atoms with E-state index in [0.717, 1.165) is 25.2 Å². The first-order valence-corrected chi connectivity index (χ1v) is 7.87. The van der Waals surface area contributed by atoms with Crippen molar-refractivity contribution >= 4 is 11.6 Å². The Labute approximate surface area is 133 Å². The van der Waals surface area contributed by atoms with Gasteiger partial charge in [0.1, 0.15) is 0 Å². The Morgan fingerprint density at radius 1 is 1.00 bits per heavy atom. The predicted molar refractivity (Wildman–Crippen MR) is 91.8 cm³/mol. The zero-order valence-corrected chi connectivity index (χ0v) is 13.4. The molecule has 0 heterocycles. The van der Waals surface area contributed by atoms with Crippen LogP contribution in [0.2, 0.25) is 0 Å². The molecule has 1 N–H and O–H groups in total. The van der Waals surface area contributed by atoms with Gasteiger partial charge in [-0.1, -0.05) is 62.4 Å². The van der Waals surface area contributed by atoms with Crippen LogP contribution in [0.4, 0.5) is 5.69 Å². The van der Waals surface area contributed by atoms with Gasteiger partial charge < -0.3 is 5.32 Å². The van der Waals surface area contributed by atoms with Crippen molar-refractivity contribution in [3.8, 4) is 0 Å². The van der Waals surface area contributed by atoms with Crippen molar-refractivity contribution in [1.29, 1.82) is 0 Å². The fraction of sp³-hybridized carbons (Fsp3) is 0.316. The van der Waals surface area contributed by atoms with Crippen molar-refractivity contribution in [2.75, 3.05) is 18.4 Å². The maximum Gasteiger partial charge on any atom is 0.238 e. The minimum atomic E-state index is 0.0404. The highest BCUT2D eigenvalue weighted by molar-refractivity contribution is 5.93. The molecule has 0 saturated heterocycles. The van der Waals surface area contributed by atoms with Crippen LogP contribution in [0.5, 0.6) is 0 Å². The number of hydrogen-bond donors (Lipinski definition) is 1. The molecule has 22 heavy (non-hydrogen) atoms. The van der Waals surface area contributed by atoms with Crippen molar-refractivity contribution in [3.63, 3.8) is 0 Å². The van der Waals surface area contributed by atoms with Crippen LogP contribution in [0.25, 0.3) is 0 Å². The number of nitrogens with one attached hydrogen (secondary N) is 1. The van der Waals surface area contributed by atoms with Crippen LogP contribution < -0.4 is 5.32 Å². The number of nitrogens with zero attached hydrogens (tertiary/aromatic N) is 1. The Balaban J connectivity index is 1.94. The van der Waals surface area contributed by atoms with E-state index in [0.29, 0.717) is 6.54 Å². The van der Waals surface area contributed by atoms with E-state index in [1.165, 1.54) is 11.1 Å². The van der Waals surface area contributed by atoms with Crippen LogP contribution in [0.3, 0.4) is 0 Å². The van der Waals surface area contributed by atoms with Gasteiger partial charge >= 0.3 is 0 Å². The maximum atomic E-state index is 12.3. The Bertz CT molecular complexity index is 595. The molecule has 2 aromatic carbocycles.